The van der Waals surface area contributed by atoms with Crippen molar-refractivity contribution in [2.75, 3.05) is 0 Å². The van der Waals surface area contributed by atoms with Crippen LogP contribution in [0.5, 0.6) is 0 Å². The minimum atomic E-state index is -1.47. The second-order valence-corrected chi connectivity index (χ2v) is 3.61. The molecule has 0 spiro atoms. The molecule has 0 heterocycles. The molecule has 0 unspecified atom stereocenters. The molecule has 0 saturated carbocycles. The standard InChI is InChI=1S/C12H11FO2/c13-11(12(14)15)10-7-3-5-8-4-1-2-6-9(8)10/h1-2,4,6H,3,5,7H2,(H,14,15). The zero-order chi connectivity index (χ0) is 10.8. The summed E-state index contributed by atoms with van der Waals surface area (Å²) < 4.78 is 13.4. The van der Waals surface area contributed by atoms with Crippen molar-refractivity contribution < 1.29 is 14.3 Å². The average molecular weight is 206 g/mol. The van der Waals surface area contributed by atoms with Crippen molar-refractivity contribution in [3.8, 4) is 0 Å². The Morgan fingerprint density at radius 2 is 2.00 bits per heavy atom. The second kappa shape index (κ2) is 3.85. The number of aryl methyl sites for hydroxylation is 1. The van der Waals surface area contributed by atoms with Gasteiger partial charge in [-0.1, -0.05) is 24.3 Å². The van der Waals surface area contributed by atoms with E-state index < -0.39 is 11.8 Å². The lowest BCUT2D eigenvalue weighted by atomic mass is 9.87. The zero-order valence-electron chi connectivity index (χ0n) is 8.16. The Morgan fingerprint density at radius 1 is 1.27 bits per heavy atom. The number of fused-ring (bicyclic) bond motifs is 1. The van der Waals surface area contributed by atoms with Crippen molar-refractivity contribution in [3.05, 3.63) is 41.2 Å². The van der Waals surface area contributed by atoms with Crippen LogP contribution in [0.4, 0.5) is 4.39 Å². The molecule has 15 heavy (non-hydrogen) atoms. The normalized spacial score (nSPS) is 18.2. The van der Waals surface area contributed by atoms with Gasteiger partial charge in [0.25, 0.3) is 0 Å². The molecule has 0 radical (unpaired) electrons. The van der Waals surface area contributed by atoms with Gasteiger partial charge in [0, 0.05) is 5.57 Å². The van der Waals surface area contributed by atoms with E-state index in [2.05, 4.69) is 0 Å². The molecule has 2 rings (SSSR count). The van der Waals surface area contributed by atoms with Crippen molar-refractivity contribution in [2.24, 2.45) is 0 Å². The van der Waals surface area contributed by atoms with Crippen LogP contribution in [0.25, 0.3) is 5.57 Å². The predicted molar refractivity (Wildman–Crippen MR) is 55.0 cm³/mol. The molecule has 0 bridgehead atoms. The van der Waals surface area contributed by atoms with Crippen LogP contribution in [-0.2, 0) is 11.2 Å². The Balaban J connectivity index is 2.55. The monoisotopic (exact) mass is 206 g/mol. The van der Waals surface area contributed by atoms with Gasteiger partial charge in [0.05, 0.1) is 0 Å². The van der Waals surface area contributed by atoms with Crippen molar-refractivity contribution >= 4 is 11.5 Å². The maximum Gasteiger partial charge on any atom is 0.365 e. The van der Waals surface area contributed by atoms with Crippen LogP contribution < -0.4 is 0 Å². The maximum atomic E-state index is 13.4. The Labute approximate surface area is 87.0 Å². The van der Waals surface area contributed by atoms with E-state index >= 15 is 0 Å². The van der Waals surface area contributed by atoms with Gasteiger partial charge >= 0.3 is 5.97 Å². The quantitative estimate of drug-likeness (QED) is 0.717. The first kappa shape index (κ1) is 9.90. The smallest absolute Gasteiger partial charge is 0.365 e. The molecule has 3 heteroatoms. The molecule has 1 aliphatic carbocycles. The third kappa shape index (κ3) is 1.77. The van der Waals surface area contributed by atoms with Crippen LogP contribution in [0.15, 0.2) is 30.1 Å². The molecule has 0 aromatic heterocycles. The number of carboxylic acid groups (broad SMARTS) is 1. The van der Waals surface area contributed by atoms with Gasteiger partial charge in [0.1, 0.15) is 0 Å². The molecule has 78 valence electrons. The summed E-state index contributed by atoms with van der Waals surface area (Å²) in [6, 6.07) is 7.40. The lowest BCUT2D eigenvalue weighted by molar-refractivity contribution is -0.134. The Kier molecular flexibility index (Phi) is 2.54. The fourth-order valence-corrected chi connectivity index (χ4v) is 1.98. The first-order valence-electron chi connectivity index (χ1n) is 4.90. The van der Waals surface area contributed by atoms with Crippen molar-refractivity contribution in [2.45, 2.75) is 19.3 Å². The molecule has 0 aliphatic heterocycles. The van der Waals surface area contributed by atoms with E-state index in [1.54, 1.807) is 12.1 Å². The van der Waals surface area contributed by atoms with Crippen LogP contribution in [0.2, 0.25) is 0 Å². The van der Waals surface area contributed by atoms with E-state index in [-0.39, 0.29) is 0 Å². The maximum absolute atomic E-state index is 13.4. The number of hydrogen-bond donors (Lipinski definition) is 1. The van der Waals surface area contributed by atoms with Crippen molar-refractivity contribution in [3.63, 3.8) is 0 Å². The third-order valence-electron chi connectivity index (χ3n) is 2.67. The van der Waals surface area contributed by atoms with Gasteiger partial charge in [-0.15, -0.1) is 0 Å². The van der Waals surface area contributed by atoms with Gasteiger partial charge in [-0.05, 0) is 30.4 Å². The summed E-state index contributed by atoms with van der Waals surface area (Å²) in [6.07, 6.45) is 2.22. The molecule has 0 atom stereocenters. The number of benzene rings is 1. The number of halogens is 1. The molecular weight excluding hydrogens is 195 g/mol. The van der Waals surface area contributed by atoms with Crippen molar-refractivity contribution in [1.29, 1.82) is 0 Å². The molecular formula is C12H11FO2. The fraction of sp³-hybridized carbons (Fsp3) is 0.250. The summed E-state index contributed by atoms with van der Waals surface area (Å²) in [5.41, 5.74) is 2.13. The van der Waals surface area contributed by atoms with Crippen LogP contribution in [0.1, 0.15) is 24.0 Å². The molecule has 1 aromatic rings. The summed E-state index contributed by atoms with van der Waals surface area (Å²) >= 11 is 0. The topological polar surface area (TPSA) is 37.3 Å². The summed E-state index contributed by atoms with van der Waals surface area (Å²) in [5.74, 6) is -2.48. The van der Waals surface area contributed by atoms with E-state index in [0.717, 1.165) is 24.0 Å². The minimum Gasteiger partial charge on any atom is -0.476 e. The first-order chi connectivity index (χ1) is 7.20. The second-order valence-electron chi connectivity index (χ2n) is 3.61. The SMILES string of the molecule is O=C(O)C(F)=C1CCCc2ccccc21. The molecule has 1 aromatic carbocycles. The summed E-state index contributed by atoms with van der Waals surface area (Å²) in [7, 11) is 0. The highest BCUT2D eigenvalue weighted by Crippen LogP contribution is 2.33. The fourth-order valence-electron chi connectivity index (χ4n) is 1.98. The van der Waals surface area contributed by atoms with Gasteiger partial charge in [-0.3, -0.25) is 0 Å². The Bertz CT molecular complexity index is 435. The molecule has 0 fully saturated rings. The minimum absolute atomic E-state index is 0.337. The highest BCUT2D eigenvalue weighted by molar-refractivity contribution is 5.94. The van der Waals surface area contributed by atoms with Gasteiger partial charge in [0.15, 0.2) is 0 Å². The molecule has 1 aliphatic rings. The van der Waals surface area contributed by atoms with Crippen LogP contribution in [0, 0.1) is 0 Å². The highest BCUT2D eigenvalue weighted by atomic mass is 19.1. The summed E-state index contributed by atoms with van der Waals surface area (Å²) in [6.45, 7) is 0. The largest absolute Gasteiger partial charge is 0.476 e. The number of hydrogen-bond acceptors (Lipinski definition) is 1. The summed E-state index contributed by atoms with van der Waals surface area (Å²) in [5, 5.41) is 8.63. The van der Waals surface area contributed by atoms with Gasteiger partial charge in [-0.2, -0.15) is 4.39 Å². The molecule has 0 amide bonds. The highest BCUT2D eigenvalue weighted by Gasteiger charge is 2.20. The van der Waals surface area contributed by atoms with E-state index in [0.29, 0.717) is 12.0 Å². The first-order valence-corrected chi connectivity index (χ1v) is 4.90. The van der Waals surface area contributed by atoms with E-state index in [1.165, 1.54) is 0 Å². The Hall–Kier alpha value is -1.64. The molecule has 0 saturated heterocycles. The van der Waals surface area contributed by atoms with E-state index in [9.17, 15) is 9.18 Å². The number of aliphatic carboxylic acids is 1. The lowest BCUT2D eigenvalue weighted by Crippen LogP contribution is -2.06. The average Bonchev–Trinajstić information content (AvgIpc) is 2.27. The number of carbonyl (C=O) groups is 1. The predicted octanol–water partition coefficient (Wildman–Crippen LogP) is 2.79. The van der Waals surface area contributed by atoms with Gasteiger partial charge in [-0.25, -0.2) is 4.79 Å². The number of allylic oxidation sites excluding steroid dienone is 1. The number of rotatable bonds is 1. The molecule has 2 nitrogen and oxygen atoms in total. The van der Waals surface area contributed by atoms with Crippen molar-refractivity contribution in [1.82, 2.24) is 0 Å². The van der Waals surface area contributed by atoms with Crippen LogP contribution >= 0.6 is 0 Å². The van der Waals surface area contributed by atoms with Crippen LogP contribution in [-0.4, -0.2) is 11.1 Å². The molecule has 1 N–H and O–H groups in total. The summed E-state index contributed by atoms with van der Waals surface area (Å²) in [4.78, 5) is 10.6. The van der Waals surface area contributed by atoms with Crippen LogP contribution in [0.3, 0.4) is 0 Å². The zero-order valence-corrected chi connectivity index (χ0v) is 8.16. The third-order valence-corrected chi connectivity index (χ3v) is 2.67. The van der Waals surface area contributed by atoms with E-state index in [1.807, 2.05) is 12.1 Å². The van der Waals surface area contributed by atoms with Gasteiger partial charge in [0.2, 0.25) is 5.83 Å². The van der Waals surface area contributed by atoms with Gasteiger partial charge < -0.3 is 5.11 Å². The Morgan fingerprint density at radius 3 is 2.73 bits per heavy atom. The lowest BCUT2D eigenvalue weighted by Gasteiger charge is -2.18. The number of carboxylic acids is 1. The van der Waals surface area contributed by atoms with E-state index in [4.69, 9.17) is 5.11 Å².